The van der Waals surface area contributed by atoms with Crippen LogP contribution in [0.15, 0.2) is 0 Å². The van der Waals surface area contributed by atoms with Crippen LogP contribution in [0.25, 0.3) is 0 Å². The summed E-state index contributed by atoms with van der Waals surface area (Å²) in [6.07, 6.45) is 2.75. The van der Waals surface area contributed by atoms with Crippen molar-refractivity contribution < 1.29 is 24.0 Å². The van der Waals surface area contributed by atoms with Gasteiger partial charge < -0.3 is 16.0 Å². The number of likely N-dealkylation sites (N-methyl/N-ethyl adjacent to an activating group) is 1. The second kappa shape index (κ2) is 12.9. The quantitative estimate of drug-likeness (QED) is 0.304. The van der Waals surface area contributed by atoms with Crippen LogP contribution in [-0.4, -0.2) is 81.9 Å². The Morgan fingerprint density at radius 2 is 1.88 bits per heavy atom. The maximum Gasteiger partial charge on any atom is 0.243 e. The molecule has 3 N–H and O–H groups in total. The lowest BCUT2D eigenvalue weighted by molar-refractivity contribution is -0.143. The van der Waals surface area contributed by atoms with Crippen molar-refractivity contribution in [3.63, 3.8) is 0 Å². The highest BCUT2D eigenvalue weighted by molar-refractivity contribution is 8.00. The van der Waals surface area contributed by atoms with E-state index in [0.717, 1.165) is 18.6 Å². The first-order chi connectivity index (χ1) is 14.9. The first kappa shape index (κ1) is 28.1. The molecule has 9 nitrogen and oxygen atoms in total. The smallest absolute Gasteiger partial charge is 0.243 e. The Labute approximate surface area is 195 Å². The third kappa shape index (κ3) is 8.54. The number of carbonyl (C=O) groups excluding carboxylic acids is 5. The van der Waals surface area contributed by atoms with Gasteiger partial charge in [-0.15, -0.1) is 11.8 Å². The molecule has 182 valence electrons. The molecule has 0 radical (unpaired) electrons. The number of ketones is 1. The summed E-state index contributed by atoms with van der Waals surface area (Å²) in [7, 11) is 1.54. The molecule has 0 bridgehead atoms. The molecule has 1 saturated heterocycles. The summed E-state index contributed by atoms with van der Waals surface area (Å²) in [4.78, 5) is 63.6. The maximum atomic E-state index is 12.5. The average Bonchev–Trinajstić information content (AvgIpc) is 2.99. The van der Waals surface area contributed by atoms with Crippen LogP contribution in [0.2, 0.25) is 0 Å². The van der Waals surface area contributed by atoms with E-state index in [-0.39, 0.29) is 67.0 Å². The van der Waals surface area contributed by atoms with Crippen LogP contribution >= 0.6 is 11.8 Å². The molecule has 2 atom stereocenters. The number of nitrogens with one attached hydrogen (secondary N) is 1. The minimum absolute atomic E-state index is 0.0327. The average molecular weight is 471 g/mol. The molecule has 1 heterocycles. The molecule has 1 rings (SSSR count). The third-order valence-corrected chi connectivity index (χ3v) is 6.51. The number of nitrogens with zero attached hydrogens (tertiary/aromatic N) is 2. The van der Waals surface area contributed by atoms with E-state index in [1.165, 1.54) is 35.5 Å². The topological polar surface area (TPSA) is 130 Å². The predicted octanol–water partition coefficient (Wildman–Crippen LogP) is 1.09. The number of imide groups is 1. The van der Waals surface area contributed by atoms with Crippen LogP contribution in [0.5, 0.6) is 0 Å². The molecule has 0 aromatic carbocycles. The molecule has 4 amide bonds. The Balaban J connectivity index is 2.39. The Morgan fingerprint density at radius 3 is 2.41 bits per heavy atom. The van der Waals surface area contributed by atoms with Crippen molar-refractivity contribution in [1.82, 2.24) is 15.1 Å². The van der Waals surface area contributed by atoms with Crippen molar-refractivity contribution in [2.45, 2.75) is 83.1 Å². The molecule has 10 heteroatoms. The molecule has 0 saturated carbocycles. The summed E-state index contributed by atoms with van der Waals surface area (Å²) in [6, 6.07) is -0.834. The summed E-state index contributed by atoms with van der Waals surface area (Å²) < 4.78 is 0. The molecule has 32 heavy (non-hydrogen) atoms. The van der Waals surface area contributed by atoms with Crippen LogP contribution in [0.3, 0.4) is 0 Å². The number of hydrogen-bond acceptors (Lipinski definition) is 7. The fraction of sp³-hybridized carbons (Fsp3) is 0.773. The highest BCUT2D eigenvalue weighted by Gasteiger charge is 2.44. The second-order valence-electron chi connectivity index (χ2n) is 9.12. The second-order valence-corrected chi connectivity index (χ2v) is 10.4. The molecule has 1 aliphatic heterocycles. The largest absolute Gasteiger partial charge is 0.353 e. The van der Waals surface area contributed by atoms with E-state index in [1.807, 2.05) is 20.8 Å². The molecule has 0 spiro atoms. The maximum absolute atomic E-state index is 12.5. The highest BCUT2D eigenvalue weighted by Crippen LogP contribution is 2.30. The van der Waals surface area contributed by atoms with Crippen molar-refractivity contribution in [3.05, 3.63) is 0 Å². The normalized spacial score (nSPS) is 17.4. The molecule has 0 aliphatic carbocycles. The van der Waals surface area contributed by atoms with Crippen LogP contribution < -0.4 is 11.1 Å². The lowest BCUT2D eigenvalue weighted by Gasteiger charge is -2.30. The SMILES string of the molecule is CC(=O)CC(C(=O)NCCN)N(C)C(=O)CCCCCSC1CC(=O)N(C(C)(C)C)C1=O. The summed E-state index contributed by atoms with van der Waals surface area (Å²) in [5.41, 5.74) is 4.90. The van der Waals surface area contributed by atoms with E-state index < -0.39 is 11.6 Å². The molecule has 0 aromatic heterocycles. The summed E-state index contributed by atoms with van der Waals surface area (Å²) in [5.74, 6) is -0.236. The number of hydrogen-bond donors (Lipinski definition) is 2. The van der Waals surface area contributed by atoms with Crippen molar-refractivity contribution >= 4 is 41.2 Å². The number of unbranched alkanes of at least 4 members (excludes halogenated alkanes) is 2. The van der Waals surface area contributed by atoms with Gasteiger partial charge in [-0.3, -0.25) is 28.9 Å². The first-order valence-corrected chi connectivity index (χ1v) is 12.2. The van der Waals surface area contributed by atoms with Crippen molar-refractivity contribution in [1.29, 1.82) is 0 Å². The van der Waals surface area contributed by atoms with Gasteiger partial charge in [-0.2, -0.15) is 0 Å². The summed E-state index contributed by atoms with van der Waals surface area (Å²) in [6.45, 7) is 7.52. The molecular formula is C22H38N4O5S. The van der Waals surface area contributed by atoms with E-state index in [1.54, 1.807) is 0 Å². The summed E-state index contributed by atoms with van der Waals surface area (Å²) >= 11 is 1.50. The van der Waals surface area contributed by atoms with Gasteiger partial charge in [0.25, 0.3) is 0 Å². The lowest BCUT2D eigenvalue weighted by Crippen LogP contribution is -2.49. The minimum atomic E-state index is -0.834. The Bertz CT molecular complexity index is 707. The Morgan fingerprint density at radius 1 is 1.22 bits per heavy atom. The van der Waals surface area contributed by atoms with Gasteiger partial charge in [0, 0.05) is 44.9 Å². The van der Waals surface area contributed by atoms with Crippen LogP contribution in [0.4, 0.5) is 0 Å². The number of likely N-dealkylation sites (tertiary alicyclic amines) is 1. The first-order valence-electron chi connectivity index (χ1n) is 11.1. The van der Waals surface area contributed by atoms with Gasteiger partial charge in [-0.25, -0.2) is 0 Å². The highest BCUT2D eigenvalue weighted by atomic mass is 32.2. The predicted molar refractivity (Wildman–Crippen MR) is 125 cm³/mol. The van der Waals surface area contributed by atoms with Crippen LogP contribution in [0, 0.1) is 0 Å². The zero-order chi connectivity index (χ0) is 24.5. The lowest BCUT2D eigenvalue weighted by atomic mass is 10.1. The number of amides is 4. The van der Waals surface area contributed by atoms with Crippen molar-refractivity contribution in [2.75, 3.05) is 25.9 Å². The van der Waals surface area contributed by atoms with Gasteiger partial charge in [0.2, 0.25) is 23.6 Å². The van der Waals surface area contributed by atoms with Crippen molar-refractivity contribution in [2.24, 2.45) is 5.73 Å². The molecular weight excluding hydrogens is 432 g/mol. The van der Waals surface area contributed by atoms with Gasteiger partial charge in [-0.1, -0.05) is 6.42 Å². The zero-order valence-electron chi connectivity index (χ0n) is 19.9. The summed E-state index contributed by atoms with van der Waals surface area (Å²) in [5, 5.41) is 2.31. The Kier molecular flexibility index (Phi) is 11.4. The van der Waals surface area contributed by atoms with Crippen LogP contribution in [0.1, 0.15) is 66.2 Å². The van der Waals surface area contributed by atoms with E-state index in [0.29, 0.717) is 6.42 Å². The number of rotatable bonds is 13. The molecule has 1 fully saturated rings. The molecule has 1 aliphatic rings. The van der Waals surface area contributed by atoms with Gasteiger partial charge >= 0.3 is 0 Å². The number of carbonyl (C=O) groups is 5. The fourth-order valence-corrected chi connectivity index (χ4v) is 4.72. The fourth-order valence-electron chi connectivity index (χ4n) is 3.56. The van der Waals surface area contributed by atoms with E-state index in [9.17, 15) is 24.0 Å². The van der Waals surface area contributed by atoms with Crippen LogP contribution in [-0.2, 0) is 24.0 Å². The van der Waals surface area contributed by atoms with Gasteiger partial charge in [0.15, 0.2) is 0 Å². The van der Waals surface area contributed by atoms with E-state index in [2.05, 4.69) is 5.32 Å². The Hall–Kier alpha value is -1.94. The van der Waals surface area contributed by atoms with Crippen molar-refractivity contribution in [3.8, 4) is 0 Å². The van der Waals surface area contributed by atoms with E-state index >= 15 is 0 Å². The minimum Gasteiger partial charge on any atom is -0.353 e. The number of Topliss-reactive ketones (excluding diaryl/α,β-unsaturated/α-hetero) is 1. The molecule has 2 unspecified atom stereocenters. The third-order valence-electron chi connectivity index (χ3n) is 5.22. The number of thioether (sulfide) groups is 1. The standard InChI is InChI=1S/C22H38N4O5S/c1-15(27)13-16(20(30)24-11-10-23)25(5)18(28)9-7-6-8-12-32-17-14-19(29)26(21(17)31)22(2,3)4/h16-17H,6-14,23H2,1-5H3,(H,24,30). The molecule has 0 aromatic rings. The van der Waals surface area contributed by atoms with Gasteiger partial charge in [-0.05, 0) is 46.3 Å². The number of nitrogens with two attached hydrogens (primary N) is 1. The van der Waals surface area contributed by atoms with Gasteiger partial charge in [0.05, 0.1) is 5.25 Å². The zero-order valence-corrected chi connectivity index (χ0v) is 20.8. The van der Waals surface area contributed by atoms with Gasteiger partial charge in [0.1, 0.15) is 11.8 Å². The van der Waals surface area contributed by atoms with E-state index in [4.69, 9.17) is 5.73 Å². The monoisotopic (exact) mass is 470 g/mol.